The second kappa shape index (κ2) is 6.52. The Morgan fingerprint density at radius 3 is 2.50 bits per heavy atom. The minimum absolute atomic E-state index is 0.0448. The Kier molecular flexibility index (Phi) is 4.65. The lowest BCUT2D eigenvalue weighted by Crippen LogP contribution is -2.52. The van der Waals surface area contributed by atoms with Crippen molar-refractivity contribution in [2.45, 2.75) is 38.0 Å². The molecule has 3 atom stereocenters. The highest BCUT2D eigenvalue weighted by Gasteiger charge is 2.40. The Morgan fingerprint density at radius 2 is 1.91 bits per heavy atom. The maximum Gasteiger partial charge on any atom is 0.223 e. The fourth-order valence-electron chi connectivity index (χ4n) is 3.12. The second-order valence-corrected chi connectivity index (χ2v) is 6.56. The number of hydrogen-bond donors (Lipinski definition) is 2. The summed E-state index contributed by atoms with van der Waals surface area (Å²) in [5.74, 6) is 0.300. The molecule has 3 aliphatic rings. The van der Waals surface area contributed by atoms with Crippen molar-refractivity contribution >= 4 is 11.8 Å². The van der Waals surface area contributed by atoms with E-state index in [9.17, 15) is 14.7 Å². The zero-order chi connectivity index (χ0) is 15.7. The monoisotopic (exact) mass is 311 g/mol. The molecule has 2 heterocycles. The molecule has 0 aromatic carbocycles. The SMILES string of the molecule is CC(=O)N1CCN(CC2OCC(NC(=O)C3CC3)C2O)CC1. The average Bonchev–Trinajstić information content (AvgIpc) is 3.29. The molecule has 0 radical (unpaired) electrons. The van der Waals surface area contributed by atoms with Crippen LogP contribution < -0.4 is 5.32 Å². The molecule has 2 saturated heterocycles. The van der Waals surface area contributed by atoms with Gasteiger partial charge in [-0.05, 0) is 12.8 Å². The molecular weight excluding hydrogens is 286 g/mol. The summed E-state index contributed by atoms with van der Waals surface area (Å²) < 4.78 is 5.67. The maximum atomic E-state index is 11.8. The van der Waals surface area contributed by atoms with Crippen LogP contribution >= 0.6 is 0 Å². The summed E-state index contributed by atoms with van der Waals surface area (Å²) in [6.45, 7) is 5.64. The molecule has 0 aromatic rings. The standard InChI is InChI=1S/C15H25N3O4/c1-10(19)18-6-4-17(5-7-18)8-13-14(20)12(9-22-13)16-15(21)11-2-3-11/h11-14,20H,2-9H2,1H3,(H,16,21). The van der Waals surface area contributed by atoms with Gasteiger partial charge in [0.25, 0.3) is 0 Å². The van der Waals surface area contributed by atoms with Crippen molar-refractivity contribution in [3.8, 4) is 0 Å². The summed E-state index contributed by atoms with van der Waals surface area (Å²) in [4.78, 5) is 27.1. The van der Waals surface area contributed by atoms with Crippen LogP contribution in [0.15, 0.2) is 0 Å². The van der Waals surface area contributed by atoms with Crippen LogP contribution in [0.2, 0.25) is 0 Å². The van der Waals surface area contributed by atoms with E-state index in [4.69, 9.17) is 4.74 Å². The molecule has 1 aliphatic carbocycles. The predicted octanol–water partition coefficient (Wildman–Crippen LogP) is -1.19. The minimum atomic E-state index is -0.659. The van der Waals surface area contributed by atoms with Crippen molar-refractivity contribution < 1.29 is 19.4 Å². The molecule has 3 fully saturated rings. The number of nitrogens with one attached hydrogen (secondary N) is 1. The molecule has 0 bridgehead atoms. The van der Waals surface area contributed by atoms with Gasteiger partial charge in [-0.3, -0.25) is 14.5 Å². The Balaban J connectivity index is 1.43. The molecular formula is C15H25N3O4. The van der Waals surface area contributed by atoms with Gasteiger partial charge in [0.05, 0.1) is 18.8 Å². The Bertz CT molecular complexity index is 433. The molecule has 0 spiro atoms. The maximum absolute atomic E-state index is 11.8. The first-order valence-electron chi connectivity index (χ1n) is 8.12. The lowest BCUT2D eigenvalue weighted by Gasteiger charge is -2.35. The first kappa shape index (κ1) is 15.7. The topological polar surface area (TPSA) is 82.1 Å². The largest absolute Gasteiger partial charge is 0.388 e. The quantitative estimate of drug-likeness (QED) is 0.682. The minimum Gasteiger partial charge on any atom is -0.388 e. The van der Waals surface area contributed by atoms with Gasteiger partial charge in [-0.25, -0.2) is 0 Å². The van der Waals surface area contributed by atoms with Gasteiger partial charge >= 0.3 is 0 Å². The van der Waals surface area contributed by atoms with Crippen LogP contribution in [0.1, 0.15) is 19.8 Å². The van der Waals surface area contributed by atoms with Gasteiger partial charge in [-0.1, -0.05) is 0 Å². The van der Waals surface area contributed by atoms with Gasteiger partial charge in [-0.2, -0.15) is 0 Å². The Labute approximate surface area is 130 Å². The number of aliphatic hydroxyl groups excluding tert-OH is 1. The zero-order valence-electron chi connectivity index (χ0n) is 13.0. The molecule has 3 unspecified atom stereocenters. The molecule has 0 aromatic heterocycles. The fraction of sp³-hybridized carbons (Fsp3) is 0.867. The fourth-order valence-corrected chi connectivity index (χ4v) is 3.12. The summed E-state index contributed by atoms with van der Waals surface area (Å²) in [6.07, 6.45) is 0.987. The number of amides is 2. The van der Waals surface area contributed by atoms with E-state index in [0.29, 0.717) is 13.2 Å². The second-order valence-electron chi connectivity index (χ2n) is 6.56. The lowest BCUT2D eigenvalue weighted by atomic mass is 10.1. The van der Waals surface area contributed by atoms with Crippen LogP contribution in [0.4, 0.5) is 0 Å². The van der Waals surface area contributed by atoms with Crippen LogP contribution in [0.5, 0.6) is 0 Å². The van der Waals surface area contributed by atoms with E-state index in [-0.39, 0.29) is 29.9 Å². The van der Waals surface area contributed by atoms with Gasteiger partial charge in [0, 0.05) is 45.6 Å². The van der Waals surface area contributed by atoms with E-state index >= 15 is 0 Å². The number of hydrogen-bond acceptors (Lipinski definition) is 5. The summed E-state index contributed by atoms with van der Waals surface area (Å²) in [5, 5.41) is 13.2. The number of carbonyl (C=O) groups excluding carboxylic acids is 2. The molecule has 7 heteroatoms. The highest BCUT2D eigenvalue weighted by atomic mass is 16.5. The molecule has 22 heavy (non-hydrogen) atoms. The number of nitrogens with zero attached hydrogens (tertiary/aromatic N) is 2. The normalized spacial score (nSPS) is 33.0. The van der Waals surface area contributed by atoms with Gasteiger partial charge in [0.1, 0.15) is 6.10 Å². The third kappa shape index (κ3) is 3.59. The Morgan fingerprint density at radius 1 is 1.23 bits per heavy atom. The molecule has 2 N–H and O–H groups in total. The van der Waals surface area contributed by atoms with E-state index in [1.165, 1.54) is 0 Å². The number of rotatable bonds is 4. The number of piperazine rings is 1. The van der Waals surface area contributed by atoms with E-state index in [1.807, 2.05) is 4.90 Å². The van der Waals surface area contributed by atoms with Gasteiger partial charge in [0.2, 0.25) is 11.8 Å². The van der Waals surface area contributed by atoms with Crippen LogP contribution in [0, 0.1) is 5.92 Å². The average molecular weight is 311 g/mol. The van der Waals surface area contributed by atoms with Crippen LogP contribution in [0.3, 0.4) is 0 Å². The molecule has 2 amide bonds. The van der Waals surface area contributed by atoms with E-state index in [1.54, 1.807) is 6.92 Å². The highest BCUT2D eigenvalue weighted by molar-refractivity contribution is 5.81. The molecule has 3 rings (SSSR count). The van der Waals surface area contributed by atoms with Gasteiger partial charge < -0.3 is 20.1 Å². The lowest BCUT2D eigenvalue weighted by molar-refractivity contribution is -0.130. The van der Waals surface area contributed by atoms with Crippen molar-refractivity contribution in [3.05, 3.63) is 0 Å². The van der Waals surface area contributed by atoms with Crippen molar-refractivity contribution in [3.63, 3.8) is 0 Å². The van der Waals surface area contributed by atoms with Gasteiger partial charge in [0.15, 0.2) is 0 Å². The van der Waals surface area contributed by atoms with Crippen LogP contribution in [-0.2, 0) is 14.3 Å². The van der Waals surface area contributed by atoms with Crippen LogP contribution in [-0.4, -0.2) is 84.3 Å². The third-order valence-electron chi connectivity index (χ3n) is 4.81. The smallest absolute Gasteiger partial charge is 0.223 e. The molecule has 124 valence electrons. The molecule has 7 nitrogen and oxygen atoms in total. The molecule has 2 aliphatic heterocycles. The summed E-state index contributed by atoms with van der Waals surface area (Å²) in [7, 11) is 0. The van der Waals surface area contributed by atoms with E-state index < -0.39 is 6.10 Å². The Hall–Kier alpha value is -1.18. The zero-order valence-corrected chi connectivity index (χ0v) is 13.0. The molecule has 1 saturated carbocycles. The van der Waals surface area contributed by atoms with Crippen molar-refractivity contribution in [2.75, 3.05) is 39.3 Å². The summed E-state index contributed by atoms with van der Waals surface area (Å²) in [5.41, 5.74) is 0. The van der Waals surface area contributed by atoms with Gasteiger partial charge in [-0.15, -0.1) is 0 Å². The van der Waals surface area contributed by atoms with Crippen molar-refractivity contribution in [1.82, 2.24) is 15.1 Å². The first-order chi connectivity index (χ1) is 10.5. The van der Waals surface area contributed by atoms with E-state index in [0.717, 1.165) is 39.0 Å². The number of carbonyl (C=O) groups is 2. The number of ether oxygens (including phenoxy) is 1. The first-order valence-corrected chi connectivity index (χ1v) is 8.12. The van der Waals surface area contributed by atoms with E-state index in [2.05, 4.69) is 10.2 Å². The summed E-state index contributed by atoms with van der Waals surface area (Å²) >= 11 is 0. The number of aliphatic hydroxyl groups is 1. The van der Waals surface area contributed by atoms with Crippen LogP contribution in [0.25, 0.3) is 0 Å². The summed E-state index contributed by atoms with van der Waals surface area (Å²) in [6, 6.07) is -0.295. The van der Waals surface area contributed by atoms with Crippen molar-refractivity contribution in [2.24, 2.45) is 5.92 Å². The highest BCUT2D eigenvalue weighted by Crippen LogP contribution is 2.29. The van der Waals surface area contributed by atoms with Crippen molar-refractivity contribution in [1.29, 1.82) is 0 Å². The third-order valence-corrected chi connectivity index (χ3v) is 4.81. The predicted molar refractivity (Wildman–Crippen MR) is 79.1 cm³/mol.